The van der Waals surface area contributed by atoms with Crippen LogP contribution in [0.4, 0.5) is 5.69 Å². The summed E-state index contributed by atoms with van der Waals surface area (Å²) >= 11 is 0. The van der Waals surface area contributed by atoms with Crippen molar-refractivity contribution < 1.29 is 13.2 Å². The third-order valence-electron chi connectivity index (χ3n) is 6.26. The Morgan fingerprint density at radius 2 is 1.58 bits per heavy atom. The molecule has 33 heavy (non-hydrogen) atoms. The summed E-state index contributed by atoms with van der Waals surface area (Å²) in [6.45, 7) is 5.62. The molecule has 1 atom stereocenters. The van der Waals surface area contributed by atoms with Crippen LogP contribution in [0.2, 0.25) is 0 Å². The molecule has 0 aromatic heterocycles. The predicted octanol–water partition coefficient (Wildman–Crippen LogP) is 5.47. The maximum Gasteiger partial charge on any atom is 0.262 e. The van der Waals surface area contributed by atoms with E-state index in [2.05, 4.69) is 28.2 Å². The normalized spacial score (nSPS) is 14.3. The van der Waals surface area contributed by atoms with Crippen molar-refractivity contribution in [2.75, 3.05) is 4.72 Å². The molecule has 1 amide bonds. The lowest BCUT2D eigenvalue weighted by atomic mass is 9.89. The first-order valence-electron chi connectivity index (χ1n) is 11.4. The molecule has 0 saturated carbocycles. The van der Waals surface area contributed by atoms with Gasteiger partial charge in [0, 0.05) is 11.3 Å². The minimum absolute atomic E-state index is 0.0946. The lowest BCUT2D eigenvalue weighted by Crippen LogP contribution is -2.27. The van der Waals surface area contributed by atoms with E-state index in [1.807, 2.05) is 26.0 Å². The maximum absolute atomic E-state index is 13.0. The zero-order chi connectivity index (χ0) is 23.6. The van der Waals surface area contributed by atoms with E-state index in [1.54, 1.807) is 31.2 Å². The van der Waals surface area contributed by atoms with E-state index in [0.717, 1.165) is 24.0 Å². The molecule has 0 aliphatic heterocycles. The zero-order valence-electron chi connectivity index (χ0n) is 19.3. The molecule has 3 aromatic rings. The van der Waals surface area contributed by atoms with Crippen LogP contribution in [-0.4, -0.2) is 14.3 Å². The van der Waals surface area contributed by atoms with E-state index in [-0.39, 0.29) is 16.8 Å². The zero-order valence-corrected chi connectivity index (χ0v) is 20.1. The minimum Gasteiger partial charge on any atom is -0.346 e. The van der Waals surface area contributed by atoms with Gasteiger partial charge in [-0.25, -0.2) is 8.42 Å². The Labute approximate surface area is 196 Å². The highest BCUT2D eigenvalue weighted by atomic mass is 32.2. The molecule has 0 fully saturated rings. The average molecular weight is 463 g/mol. The number of rotatable bonds is 6. The second kappa shape index (κ2) is 9.40. The van der Waals surface area contributed by atoms with Gasteiger partial charge < -0.3 is 5.32 Å². The summed E-state index contributed by atoms with van der Waals surface area (Å²) in [4.78, 5) is 13.1. The van der Waals surface area contributed by atoms with Gasteiger partial charge in [-0.3, -0.25) is 9.52 Å². The molecular weight excluding hydrogens is 432 g/mol. The number of benzene rings is 3. The van der Waals surface area contributed by atoms with Crippen LogP contribution in [0.15, 0.2) is 65.6 Å². The Hall–Kier alpha value is -3.12. The molecule has 0 heterocycles. The van der Waals surface area contributed by atoms with Crippen molar-refractivity contribution in [1.82, 2.24) is 5.32 Å². The number of sulfonamides is 1. The molecule has 0 bridgehead atoms. The van der Waals surface area contributed by atoms with Crippen LogP contribution in [0.1, 0.15) is 64.0 Å². The molecule has 0 radical (unpaired) electrons. The molecule has 5 nitrogen and oxygen atoms in total. The first-order valence-corrected chi connectivity index (χ1v) is 12.8. The van der Waals surface area contributed by atoms with Gasteiger partial charge in [-0.05, 0) is 93.0 Å². The summed E-state index contributed by atoms with van der Waals surface area (Å²) in [7, 11) is -3.83. The number of amides is 1. The van der Waals surface area contributed by atoms with E-state index in [0.29, 0.717) is 16.8 Å². The maximum atomic E-state index is 13.0. The van der Waals surface area contributed by atoms with Gasteiger partial charge in [-0.2, -0.15) is 0 Å². The third kappa shape index (κ3) is 5.28. The molecule has 1 aliphatic carbocycles. The molecule has 4 rings (SSSR count). The van der Waals surface area contributed by atoms with Crippen molar-refractivity contribution in [1.29, 1.82) is 0 Å². The van der Waals surface area contributed by atoms with Gasteiger partial charge in [0.15, 0.2) is 0 Å². The number of hydrogen-bond acceptors (Lipinski definition) is 3. The van der Waals surface area contributed by atoms with Gasteiger partial charge in [-0.1, -0.05) is 42.0 Å². The Morgan fingerprint density at radius 1 is 0.879 bits per heavy atom. The SMILES string of the molecule is Cc1ccc(NS(=O)(=O)c2cc(C(=O)N[C@H](C)c3ccc4c(c3)CCCC4)ccc2C)cc1. The molecule has 1 aliphatic rings. The van der Waals surface area contributed by atoms with Crippen molar-refractivity contribution >= 4 is 21.6 Å². The monoisotopic (exact) mass is 462 g/mol. The fraction of sp³-hybridized carbons (Fsp3) is 0.296. The third-order valence-corrected chi connectivity index (χ3v) is 7.79. The van der Waals surface area contributed by atoms with Gasteiger partial charge in [0.2, 0.25) is 0 Å². The van der Waals surface area contributed by atoms with Crippen LogP contribution < -0.4 is 10.0 Å². The van der Waals surface area contributed by atoms with Crippen molar-refractivity contribution in [3.05, 3.63) is 94.0 Å². The molecule has 0 unspecified atom stereocenters. The van der Waals surface area contributed by atoms with E-state index in [9.17, 15) is 13.2 Å². The van der Waals surface area contributed by atoms with Crippen LogP contribution in [0.25, 0.3) is 0 Å². The predicted molar refractivity (Wildman–Crippen MR) is 132 cm³/mol. The summed E-state index contributed by atoms with van der Waals surface area (Å²) in [6, 6.07) is 18.2. The van der Waals surface area contributed by atoms with Gasteiger partial charge in [0.1, 0.15) is 0 Å². The summed E-state index contributed by atoms with van der Waals surface area (Å²) in [6.07, 6.45) is 4.63. The lowest BCUT2D eigenvalue weighted by molar-refractivity contribution is 0.0939. The molecule has 6 heteroatoms. The smallest absolute Gasteiger partial charge is 0.262 e. The summed E-state index contributed by atoms with van der Waals surface area (Å²) in [5, 5.41) is 3.02. The molecule has 0 saturated heterocycles. The Bertz CT molecular complexity index is 1280. The standard InChI is InChI=1S/C27H30N2O3S/c1-18-8-14-25(15-9-18)29-33(31,32)26-17-24(11-10-19(26)2)27(30)28-20(3)22-13-12-21-6-4-5-7-23(21)16-22/h8-17,20,29H,4-7H2,1-3H3,(H,28,30)/t20-/m1/s1. The quantitative estimate of drug-likeness (QED) is 0.510. The van der Waals surface area contributed by atoms with E-state index < -0.39 is 10.0 Å². The lowest BCUT2D eigenvalue weighted by Gasteiger charge is -2.20. The Kier molecular flexibility index (Phi) is 6.56. The van der Waals surface area contributed by atoms with E-state index >= 15 is 0 Å². The van der Waals surface area contributed by atoms with Gasteiger partial charge in [-0.15, -0.1) is 0 Å². The van der Waals surface area contributed by atoms with Crippen LogP contribution in [-0.2, 0) is 22.9 Å². The number of hydrogen-bond donors (Lipinski definition) is 2. The first-order chi connectivity index (χ1) is 15.7. The largest absolute Gasteiger partial charge is 0.346 e. The highest BCUT2D eigenvalue weighted by molar-refractivity contribution is 7.92. The van der Waals surface area contributed by atoms with Gasteiger partial charge >= 0.3 is 0 Å². The topological polar surface area (TPSA) is 75.3 Å². The number of carbonyl (C=O) groups excluding carboxylic acids is 1. The highest BCUT2D eigenvalue weighted by Gasteiger charge is 2.21. The molecule has 172 valence electrons. The number of aryl methyl sites for hydroxylation is 4. The van der Waals surface area contributed by atoms with Crippen molar-refractivity contribution in [2.24, 2.45) is 0 Å². The van der Waals surface area contributed by atoms with Gasteiger partial charge in [0.05, 0.1) is 10.9 Å². The second-order valence-electron chi connectivity index (χ2n) is 8.88. The van der Waals surface area contributed by atoms with Crippen molar-refractivity contribution in [3.63, 3.8) is 0 Å². The average Bonchev–Trinajstić information content (AvgIpc) is 2.80. The van der Waals surface area contributed by atoms with E-state index in [4.69, 9.17) is 0 Å². The fourth-order valence-corrected chi connectivity index (χ4v) is 5.58. The summed E-state index contributed by atoms with van der Waals surface area (Å²) in [5.74, 6) is -0.299. The minimum atomic E-state index is -3.83. The van der Waals surface area contributed by atoms with Gasteiger partial charge in [0.25, 0.3) is 15.9 Å². The first kappa shape index (κ1) is 23.1. The number of anilines is 1. The Morgan fingerprint density at radius 3 is 2.30 bits per heavy atom. The number of fused-ring (bicyclic) bond motifs is 1. The molecule has 0 spiro atoms. The van der Waals surface area contributed by atoms with E-state index in [1.165, 1.54) is 30.0 Å². The summed E-state index contributed by atoms with van der Waals surface area (Å²) in [5.41, 5.74) is 6.24. The fourth-order valence-electron chi connectivity index (χ4n) is 4.25. The number of nitrogens with one attached hydrogen (secondary N) is 2. The highest BCUT2D eigenvalue weighted by Crippen LogP contribution is 2.26. The molecule has 3 aromatic carbocycles. The van der Waals surface area contributed by atoms with Crippen LogP contribution >= 0.6 is 0 Å². The van der Waals surface area contributed by atoms with Crippen molar-refractivity contribution in [3.8, 4) is 0 Å². The van der Waals surface area contributed by atoms with Crippen LogP contribution in [0.5, 0.6) is 0 Å². The summed E-state index contributed by atoms with van der Waals surface area (Å²) < 4.78 is 28.6. The molecule has 2 N–H and O–H groups in total. The van der Waals surface area contributed by atoms with Crippen molar-refractivity contribution in [2.45, 2.75) is 57.4 Å². The van der Waals surface area contributed by atoms with Crippen LogP contribution in [0, 0.1) is 13.8 Å². The number of carbonyl (C=O) groups is 1. The Balaban J connectivity index is 1.53. The van der Waals surface area contributed by atoms with Crippen LogP contribution in [0.3, 0.4) is 0 Å². The second-order valence-corrected chi connectivity index (χ2v) is 10.5. The molecular formula is C27H30N2O3S.